The Labute approximate surface area is 163 Å². The van der Waals surface area contributed by atoms with Crippen molar-refractivity contribution in [2.24, 2.45) is 0 Å². The predicted molar refractivity (Wildman–Crippen MR) is 115 cm³/mol. The van der Waals surface area contributed by atoms with Crippen molar-refractivity contribution < 1.29 is 9.90 Å². The minimum atomic E-state index is -0.724. The van der Waals surface area contributed by atoms with E-state index in [0.29, 0.717) is 5.57 Å². The van der Waals surface area contributed by atoms with Gasteiger partial charge in [0.15, 0.2) is 0 Å². The van der Waals surface area contributed by atoms with E-state index < -0.39 is 5.97 Å². The van der Waals surface area contributed by atoms with Crippen molar-refractivity contribution in [1.82, 2.24) is 0 Å². The van der Waals surface area contributed by atoms with Crippen molar-refractivity contribution >= 4 is 5.97 Å². The normalized spacial score (nSPS) is 12.3. The van der Waals surface area contributed by atoms with Crippen molar-refractivity contribution in [3.05, 3.63) is 11.1 Å². The molecule has 0 amide bonds. The molecule has 0 saturated heterocycles. The van der Waals surface area contributed by atoms with E-state index in [4.69, 9.17) is 0 Å². The molecule has 0 atom stereocenters. The molecule has 2 heteroatoms. The van der Waals surface area contributed by atoms with E-state index >= 15 is 0 Å². The highest BCUT2D eigenvalue weighted by atomic mass is 16.4. The molecule has 0 fully saturated rings. The smallest absolute Gasteiger partial charge is 0.331 e. The summed E-state index contributed by atoms with van der Waals surface area (Å²) in [6.45, 7) is 6.30. The first-order valence-electron chi connectivity index (χ1n) is 11.5. The van der Waals surface area contributed by atoms with E-state index in [0.717, 1.165) is 25.7 Å². The summed E-state index contributed by atoms with van der Waals surface area (Å²) in [6.07, 6.45) is 22.9. The second kappa shape index (κ2) is 19.0. The van der Waals surface area contributed by atoms with Gasteiger partial charge in [-0.25, -0.2) is 4.79 Å². The Morgan fingerprint density at radius 1 is 0.577 bits per heavy atom. The predicted octanol–water partition coefficient (Wildman–Crippen LogP) is 8.45. The number of allylic oxidation sites excluding steroid dienone is 1. The van der Waals surface area contributed by atoms with Crippen LogP contribution in [0.15, 0.2) is 11.1 Å². The Balaban J connectivity index is 3.86. The summed E-state index contributed by atoms with van der Waals surface area (Å²) < 4.78 is 0. The highest BCUT2D eigenvalue weighted by molar-refractivity contribution is 5.86. The Hall–Kier alpha value is -0.790. The zero-order chi connectivity index (χ0) is 19.5. The van der Waals surface area contributed by atoms with Crippen LogP contribution in [-0.2, 0) is 4.79 Å². The Morgan fingerprint density at radius 3 is 1.19 bits per heavy atom. The van der Waals surface area contributed by atoms with Crippen LogP contribution in [0, 0.1) is 0 Å². The second-order valence-corrected chi connectivity index (χ2v) is 7.98. The van der Waals surface area contributed by atoms with E-state index in [1.807, 2.05) is 0 Å². The molecule has 0 rings (SSSR count). The van der Waals surface area contributed by atoms with Gasteiger partial charge < -0.3 is 5.11 Å². The fraction of sp³-hybridized carbons (Fsp3) is 0.875. The third-order valence-corrected chi connectivity index (χ3v) is 5.52. The molecule has 1 N–H and O–H groups in total. The highest BCUT2D eigenvalue weighted by Crippen LogP contribution is 2.22. The van der Waals surface area contributed by atoms with Gasteiger partial charge in [-0.05, 0) is 32.6 Å². The molecule has 154 valence electrons. The number of hydrogen-bond donors (Lipinski definition) is 1. The van der Waals surface area contributed by atoms with Gasteiger partial charge in [0.1, 0.15) is 0 Å². The molecule has 0 saturated carbocycles. The lowest BCUT2D eigenvalue weighted by atomic mass is 9.95. The molecule has 0 spiro atoms. The maximum Gasteiger partial charge on any atom is 0.331 e. The zero-order valence-corrected chi connectivity index (χ0v) is 18.1. The van der Waals surface area contributed by atoms with Crippen LogP contribution in [0.5, 0.6) is 0 Å². The zero-order valence-electron chi connectivity index (χ0n) is 18.1. The van der Waals surface area contributed by atoms with E-state index in [1.54, 1.807) is 6.92 Å². The maximum absolute atomic E-state index is 11.3. The van der Waals surface area contributed by atoms with Gasteiger partial charge in [-0.2, -0.15) is 0 Å². The lowest BCUT2D eigenvalue weighted by Gasteiger charge is -2.10. The third-order valence-electron chi connectivity index (χ3n) is 5.52. The molecule has 0 bridgehead atoms. The molecule has 0 radical (unpaired) electrons. The first-order chi connectivity index (χ1) is 12.6. The molecule has 0 aliphatic carbocycles. The summed E-state index contributed by atoms with van der Waals surface area (Å²) in [5.41, 5.74) is 1.81. The van der Waals surface area contributed by atoms with Gasteiger partial charge in [-0.15, -0.1) is 0 Å². The van der Waals surface area contributed by atoms with E-state index in [-0.39, 0.29) is 0 Å². The van der Waals surface area contributed by atoms with Crippen molar-refractivity contribution in [2.45, 2.75) is 136 Å². The van der Waals surface area contributed by atoms with Gasteiger partial charge in [0.05, 0.1) is 0 Å². The van der Waals surface area contributed by atoms with Gasteiger partial charge in [-0.3, -0.25) is 0 Å². The van der Waals surface area contributed by atoms with Crippen LogP contribution >= 0.6 is 0 Å². The van der Waals surface area contributed by atoms with Crippen LogP contribution in [0.4, 0.5) is 0 Å². The average molecular weight is 367 g/mol. The average Bonchev–Trinajstić information content (AvgIpc) is 2.63. The molecule has 0 heterocycles. The summed E-state index contributed by atoms with van der Waals surface area (Å²) in [6, 6.07) is 0. The topological polar surface area (TPSA) is 37.3 Å². The minimum absolute atomic E-state index is 0.606. The monoisotopic (exact) mass is 366 g/mol. The number of carbonyl (C=O) groups is 1. The summed E-state index contributed by atoms with van der Waals surface area (Å²) in [4.78, 5) is 11.3. The van der Waals surface area contributed by atoms with Crippen molar-refractivity contribution in [2.75, 3.05) is 0 Å². The molecule has 0 aliphatic heterocycles. The number of unbranched alkanes of at least 4 members (excludes halogenated alkanes) is 14. The molecule has 0 aromatic carbocycles. The van der Waals surface area contributed by atoms with Crippen LogP contribution in [0.3, 0.4) is 0 Å². The van der Waals surface area contributed by atoms with Gasteiger partial charge in [0.25, 0.3) is 0 Å². The van der Waals surface area contributed by atoms with E-state index in [1.165, 1.54) is 95.5 Å². The quantitative estimate of drug-likeness (QED) is 0.184. The van der Waals surface area contributed by atoms with E-state index in [2.05, 4.69) is 13.8 Å². The van der Waals surface area contributed by atoms with Crippen LogP contribution in [-0.4, -0.2) is 11.1 Å². The Morgan fingerprint density at radius 2 is 0.885 bits per heavy atom. The van der Waals surface area contributed by atoms with Crippen LogP contribution in [0.2, 0.25) is 0 Å². The number of carboxylic acids is 1. The molecule has 0 aromatic heterocycles. The summed E-state index contributed by atoms with van der Waals surface area (Å²) in [5.74, 6) is -0.724. The SMILES string of the molecule is CCCCCCCCCCCCC(CCCCCCCC)=C(C)C(=O)O. The third kappa shape index (κ3) is 15.5. The van der Waals surface area contributed by atoms with Gasteiger partial charge in [0.2, 0.25) is 0 Å². The number of rotatable bonds is 19. The summed E-state index contributed by atoms with van der Waals surface area (Å²) in [5, 5.41) is 9.33. The fourth-order valence-electron chi connectivity index (χ4n) is 3.60. The molecule has 2 nitrogen and oxygen atoms in total. The molecule has 26 heavy (non-hydrogen) atoms. The van der Waals surface area contributed by atoms with Crippen LogP contribution < -0.4 is 0 Å². The Kier molecular flexibility index (Phi) is 18.4. The molecule has 0 aliphatic rings. The van der Waals surface area contributed by atoms with Crippen LogP contribution in [0.1, 0.15) is 136 Å². The van der Waals surface area contributed by atoms with Crippen LogP contribution in [0.25, 0.3) is 0 Å². The molecular formula is C24H46O2. The number of aliphatic carboxylic acids is 1. The van der Waals surface area contributed by atoms with Crippen molar-refractivity contribution in [3.8, 4) is 0 Å². The summed E-state index contributed by atoms with van der Waals surface area (Å²) in [7, 11) is 0. The summed E-state index contributed by atoms with van der Waals surface area (Å²) >= 11 is 0. The number of hydrogen-bond acceptors (Lipinski definition) is 1. The van der Waals surface area contributed by atoms with Crippen molar-refractivity contribution in [1.29, 1.82) is 0 Å². The largest absolute Gasteiger partial charge is 0.478 e. The van der Waals surface area contributed by atoms with Gasteiger partial charge in [0, 0.05) is 5.57 Å². The minimum Gasteiger partial charge on any atom is -0.478 e. The fourth-order valence-corrected chi connectivity index (χ4v) is 3.60. The number of carboxylic acid groups (broad SMARTS) is 1. The first kappa shape index (κ1) is 25.2. The lowest BCUT2D eigenvalue weighted by Crippen LogP contribution is -2.02. The molecule has 0 aromatic rings. The van der Waals surface area contributed by atoms with E-state index in [9.17, 15) is 9.90 Å². The standard InChI is InChI=1S/C24H46O2/c1-4-6-8-10-12-13-14-15-17-19-21-23(22(3)24(25)26)20-18-16-11-9-7-5-2/h4-21H2,1-3H3,(H,25,26). The first-order valence-corrected chi connectivity index (χ1v) is 11.5. The molecular weight excluding hydrogens is 320 g/mol. The van der Waals surface area contributed by atoms with Gasteiger partial charge in [-0.1, -0.05) is 109 Å². The van der Waals surface area contributed by atoms with Gasteiger partial charge >= 0.3 is 5.97 Å². The lowest BCUT2D eigenvalue weighted by molar-refractivity contribution is -0.132. The maximum atomic E-state index is 11.3. The Bertz CT molecular complexity index is 357. The van der Waals surface area contributed by atoms with Crippen molar-refractivity contribution in [3.63, 3.8) is 0 Å². The second-order valence-electron chi connectivity index (χ2n) is 7.98. The highest BCUT2D eigenvalue weighted by Gasteiger charge is 2.09. The molecule has 0 unspecified atom stereocenters.